The molecule has 1 saturated heterocycles. The van der Waals surface area contributed by atoms with E-state index in [0.29, 0.717) is 6.04 Å². The Bertz CT molecular complexity index is 591. The number of H-pyrrole nitrogens is 1. The molecule has 90 valence electrons. The van der Waals surface area contributed by atoms with Crippen LogP contribution in [-0.2, 0) is 0 Å². The lowest BCUT2D eigenvalue weighted by Crippen LogP contribution is -2.16. The summed E-state index contributed by atoms with van der Waals surface area (Å²) >= 11 is 7.53. The average Bonchev–Trinajstić information content (AvgIpc) is 2.68. The Kier molecular flexibility index (Phi) is 3.01. The summed E-state index contributed by atoms with van der Waals surface area (Å²) in [5, 5.41) is 0. The van der Waals surface area contributed by atoms with Crippen LogP contribution >= 0.6 is 24.0 Å². The lowest BCUT2D eigenvalue weighted by Gasteiger charge is -2.23. The SMILES string of the molecule is Cc1cccc2c1[nH]c(=S)n2C1CCCSC1. The van der Waals surface area contributed by atoms with E-state index < -0.39 is 0 Å². The molecule has 1 aliphatic rings. The van der Waals surface area contributed by atoms with Crippen molar-refractivity contribution in [2.24, 2.45) is 0 Å². The summed E-state index contributed by atoms with van der Waals surface area (Å²) in [6, 6.07) is 6.99. The van der Waals surface area contributed by atoms with Crippen LogP contribution in [-0.4, -0.2) is 21.1 Å². The minimum absolute atomic E-state index is 0.566. The van der Waals surface area contributed by atoms with Crippen LogP contribution < -0.4 is 0 Å². The summed E-state index contributed by atoms with van der Waals surface area (Å²) in [6.07, 6.45) is 2.55. The third-order valence-corrected chi connectivity index (χ3v) is 4.96. The molecule has 0 spiro atoms. The molecule has 0 amide bonds. The molecular weight excluding hydrogens is 248 g/mol. The van der Waals surface area contributed by atoms with Gasteiger partial charge in [-0.25, -0.2) is 0 Å². The first kappa shape index (κ1) is 11.4. The van der Waals surface area contributed by atoms with Gasteiger partial charge in [-0.15, -0.1) is 0 Å². The Balaban J connectivity index is 2.18. The summed E-state index contributed by atoms with van der Waals surface area (Å²) in [7, 11) is 0. The molecule has 3 rings (SSSR count). The third-order valence-electron chi connectivity index (χ3n) is 3.46. The summed E-state index contributed by atoms with van der Waals surface area (Å²) < 4.78 is 3.20. The van der Waals surface area contributed by atoms with E-state index in [0.717, 1.165) is 4.77 Å². The van der Waals surface area contributed by atoms with E-state index in [-0.39, 0.29) is 0 Å². The number of nitrogens with zero attached hydrogens (tertiary/aromatic N) is 1. The molecule has 4 heteroatoms. The van der Waals surface area contributed by atoms with Crippen molar-refractivity contribution in [3.63, 3.8) is 0 Å². The number of para-hydroxylation sites is 1. The van der Waals surface area contributed by atoms with E-state index in [1.807, 2.05) is 11.8 Å². The second-order valence-electron chi connectivity index (χ2n) is 4.64. The fourth-order valence-corrected chi connectivity index (χ4v) is 4.06. The largest absolute Gasteiger partial charge is 0.330 e. The molecule has 1 aromatic carbocycles. The van der Waals surface area contributed by atoms with Gasteiger partial charge < -0.3 is 9.55 Å². The first-order valence-electron chi connectivity index (χ1n) is 6.05. The van der Waals surface area contributed by atoms with Gasteiger partial charge in [-0.1, -0.05) is 12.1 Å². The molecule has 1 unspecified atom stereocenters. The van der Waals surface area contributed by atoms with Crippen molar-refractivity contribution in [3.8, 4) is 0 Å². The van der Waals surface area contributed by atoms with Crippen LogP contribution in [0, 0.1) is 11.7 Å². The van der Waals surface area contributed by atoms with Gasteiger partial charge in [0.2, 0.25) is 0 Å². The molecule has 0 saturated carbocycles. The Labute approximate surface area is 110 Å². The van der Waals surface area contributed by atoms with Crippen LogP contribution in [0.3, 0.4) is 0 Å². The number of aromatic amines is 1. The van der Waals surface area contributed by atoms with Gasteiger partial charge in [-0.2, -0.15) is 11.8 Å². The number of fused-ring (bicyclic) bond motifs is 1. The lowest BCUT2D eigenvalue weighted by atomic mass is 10.1. The average molecular weight is 264 g/mol. The lowest BCUT2D eigenvalue weighted by molar-refractivity contribution is 0.506. The van der Waals surface area contributed by atoms with Crippen molar-refractivity contribution in [2.45, 2.75) is 25.8 Å². The number of hydrogen-bond donors (Lipinski definition) is 1. The topological polar surface area (TPSA) is 20.7 Å². The monoisotopic (exact) mass is 264 g/mol. The summed E-state index contributed by atoms with van der Waals surface area (Å²) in [5.41, 5.74) is 3.74. The Morgan fingerprint density at radius 2 is 2.35 bits per heavy atom. The highest BCUT2D eigenvalue weighted by molar-refractivity contribution is 7.99. The van der Waals surface area contributed by atoms with Crippen molar-refractivity contribution in [1.29, 1.82) is 0 Å². The smallest absolute Gasteiger partial charge is 0.178 e. The van der Waals surface area contributed by atoms with Gasteiger partial charge in [-0.05, 0) is 49.4 Å². The molecule has 17 heavy (non-hydrogen) atoms. The predicted molar refractivity (Wildman–Crippen MR) is 77.5 cm³/mol. The number of aryl methyl sites for hydroxylation is 1. The zero-order valence-electron chi connectivity index (χ0n) is 9.90. The standard InChI is InChI=1S/C13H16N2S2/c1-9-4-2-6-11-12(9)14-13(16)15(11)10-5-3-7-17-8-10/h2,4,6,10H,3,5,7-8H2,1H3,(H,14,16). The van der Waals surface area contributed by atoms with Crippen LogP contribution in [0.4, 0.5) is 0 Å². The summed E-state index contributed by atoms with van der Waals surface area (Å²) in [5.74, 6) is 2.49. The molecule has 1 atom stereocenters. The highest BCUT2D eigenvalue weighted by Gasteiger charge is 2.18. The number of thioether (sulfide) groups is 1. The van der Waals surface area contributed by atoms with E-state index in [1.165, 1.54) is 40.9 Å². The van der Waals surface area contributed by atoms with Crippen molar-refractivity contribution < 1.29 is 0 Å². The number of imidazole rings is 1. The Morgan fingerprint density at radius 3 is 3.12 bits per heavy atom. The van der Waals surface area contributed by atoms with Crippen LogP contribution in [0.5, 0.6) is 0 Å². The van der Waals surface area contributed by atoms with Gasteiger partial charge >= 0.3 is 0 Å². The molecule has 1 fully saturated rings. The zero-order valence-corrected chi connectivity index (χ0v) is 11.5. The maximum Gasteiger partial charge on any atom is 0.178 e. The van der Waals surface area contributed by atoms with Crippen LogP contribution in [0.1, 0.15) is 24.4 Å². The fraction of sp³-hybridized carbons (Fsp3) is 0.462. The molecule has 2 heterocycles. The molecule has 1 aromatic heterocycles. The second kappa shape index (κ2) is 4.50. The van der Waals surface area contributed by atoms with E-state index >= 15 is 0 Å². The minimum Gasteiger partial charge on any atom is -0.330 e. The first-order chi connectivity index (χ1) is 8.27. The Hall–Kier alpha value is -0.740. The number of rotatable bonds is 1. The van der Waals surface area contributed by atoms with Gasteiger partial charge in [0.15, 0.2) is 4.77 Å². The Morgan fingerprint density at radius 1 is 1.47 bits per heavy atom. The zero-order chi connectivity index (χ0) is 11.8. The first-order valence-corrected chi connectivity index (χ1v) is 7.61. The molecule has 0 radical (unpaired) electrons. The van der Waals surface area contributed by atoms with E-state index in [1.54, 1.807) is 0 Å². The van der Waals surface area contributed by atoms with Gasteiger partial charge in [0.1, 0.15) is 0 Å². The highest BCUT2D eigenvalue weighted by atomic mass is 32.2. The van der Waals surface area contributed by atoms with Crippen molar-refractivity contribution in [3.05, 3.63) is 28.5 Å². The molecule has 1 N–H and O–H groups in total. The number of aromatic nitrogens is 2. The predicted octanol–water partition coefficient (Wildman–Crippen LogP) is 4.08. The van der Waals surface area contributed by atoms with Crippen LogP contribution in [0.2, 0.25) is 0 Å². The summed E-state index contributed by atoms with van der Waals surface area (Å²) in [4.78, 5) is 3.36. The molecule has 0 aliphatic carbocycles. The normalized spacial score (nSPS) is 20.9. The molecule has 2 nitrogen and oxygen atoms in total. The number of hydrogen-bond acceptors (Lipinski definition) is 2. The van der Waals surface area contributed by atoms with Crippen molar-refractivity contribution >= 4 is 35.0 Å². The van der Waals surface area contributed by atoms with Gasteiger partial charge in [0, 0.05) is 11.8 Å². The van der Waals surface area contributed by atoms with E-state index in [4.69, 9.17) is 12.2 Å². The second-order valence-corrected chi connectivity index (χ2v) is 6.18. The van der Waals surface area contributed by atoms with Gasteiger partial charge in [0.05, 0.1) is 11.0 Å². The highest BCUT2D eigenvalue weighted by Crippen LogP contribution is 2.30. The molecule has 2 aromatic rings. The molecular formula is C13H16N2S2. The quantitative estimate of drug-likeness (QED) is 0.784. The van der Waals surface area contributed by atoms with Crippen molar-refractivity contribution in [1.82, 2.24) is 9.55 Å². The fourth-order valence-electron chi connectivity index (χ4n) is 2.58. The van der Waals surface area contributed by atoms with Gasteiger partial charge in [0.25, 0.3) is 0 Å². The third kappa shape index (κ3) is 1.93. The summed E-state index contributed by atoms with van der Waals surface area (Å²) in [6.45, 7) is 2.13. The molecule has 0 bridgehead atoms. The van der Waals surface area contributed by atoms with E-state index in [9.17, 15) is 0 Å². The van der Waals surface area contributed by atoms with Crippen LogP contribution in [0.15, 0.2) is 18.2 Å². The molecule has 1 aliphatic heterocycles. The number of nitrogens with one attached hydrogen (secondary N) is 1. The van der Waals surface area contributed by atoms with Crippen LogP contribution in [0.25, 0.3) is 11.0 Å². The van der Waals surface area contributed by atoms with Gasteiger partial charge in [-0.3, -0.25) is 0 Å². The maximum absolute atomic E-state index is 5.49. The minimum atomic E-state index is 0.566. The van der Waals surface area contributed by atoms with Crippen molar-refractivity contribution in [2.75, 3.05) is 11.5 Å². The van der Waals surface area contributed by atoms with E-state index in [2.05, 4.69) is 34.7 Å². The number of benzene rings is 1. The maximum atomic E-state index is 5.49.